The van der Waals surface area contributed by atoms with E-state index in [4.69, 9.17) is 0 Å². The van der Waals surface area contributed by atoms with Crippen molar-refractivity contribution < 1.29 is 35.4 Å². The van der Waals surface area contributed by atoms with Crippen LogP contribution in [0.25, 0.3) is 0 Å². The van der Waals surface area contributed by atoms with Crippen LogP contribution in [-0.2, 0) is 25.9 Å². The molecule has 0 unspecified atom stereocenters. The van der Waals surface area contributed by atoms with Crippen LogP contribution in [0.2, 0.25) is 0 Å². The lowest BCUT2D eigenvalue weighted by molar-refractivity contribution is -0.671. The Bertz CT molecular complexity index is 787. The second-order valence-electron chi connectivity index (χ2n) is 8.98. The predicted molar refractivity (Wildman–Crippen MR) is 135 cm³/mol. The predicted octanol–water partition coefficient (Wildman–Crippen LogP) is -1.35. The van der Waals surface area contributed by atoms with Gasteiger partial charge in [-0.15, -0.1) is 0 Å². The normalized spacial score (nSPS) is 10.4. The zero-order valence-electron chi connectivity index (χ0n) is 20.5. The third kappa shape index (κ3) is 13.2. The molecule has 0 saturated heterocycles. The van der Waals surface area contributed by atoms with Crippen LogP contribution in [0.3, 0.4) is 0 Å². The fourth-order valence-corrected chi connectivity index (χ4v) is 4.30. The topological polar surface area (TPSA) is 33.2 Å². The molecule has 0 atom stereocenters. The number of unbranched alkanes of at least 4 members (excludes halogenated alkanes) is 4. The summed E-state index contributed by atoms with van der Waals surface area (Å²) in [5.74, 6) is 0. The Labute approximate surface area is 219 Å². The van der Waals surface area contributed by atoms with Gasteiger partial charge in [-0.1, -0.05) is 78.9 Å². The van der Waals surface area contributed by atoms with Gasteiger partial charge < -0.3 is 35.4 Å². The Morgan fingerprint density at radius 3 is 1.26 bits per heavy atom. The van der Waals surface area contributed by atoms with Gasteiger partial charge in [-0.05, 0) is 68.6 Å². The van der Waals surface area contributed by atoms with Gasteiger partial charge in [0.1, 0.15) is 13.1 Å². The molecule has 0 aliphatic rings. The minimum atomic E-state index is 0. The number of nitrogens with two attached hydrogens (primary N) is 2. The zero-order valence-corrected chi connectivity index (χ0v) is 22.0. The van der Waals surface area contributed by atoms with E-state index in [9.17, 15) is 0 Å². The molecule has 3 aromatic rings. The summed E-state index contributed by atoms with van der Waals surface area (Å²) in [6, 6.07) is 30.9. The molecule has 0 fully saturated rings. The van der Waals surface area contributed by atoms with Gasteiger partial charge in [0.05, 0.1) is 13.1 Å². The molecule has 0 amide bonds. The van der Waals surface area contributed by atoms with Gasteiger partial charge >= 0.3 is 0 Å². The van der Waals surface area contributed by atoms with Crippen molar-refractivity contribution in [3.8, 4) is 0 Å². The summed E-state index contributed by atoms with van der Waals surface area (Å²) >= 11 is 0. The molecule has 0 bridgehead atoms. The second-order valence-corrected chi connectivity index (χ2v) is 8.98. The maximum Gasteiger partial charge on any atom is 0.101 e. The lowest BCUT2D eigenvalue weighted by Gasteiger charge is -2.06. The van der Waals surface area contributed by atoms with E-state index in [2.05, 4.69) is 95.6 Å². The Balaban J connectivity index is 0.00000289. The van der Waals surface area contributed by atoms with Crippen molar-refractivity contribution in [1.82, 2.24) is 0 Å². The van der Waals surface area contributed by atoms with E-state index < -0.39 is 0 Å². The summed E-state index contributed by atoms with van der Waals surface area (Å²) in [4.78, 5) is 0. The molecule has 3 rings (SSSR count). The quantitative estimate of drug-likeness (QED) is 0.228. The van der Waals surface area contributed by atoms with E-state index in [1.54, 1.807) is 0 Å². The van der Waals surface area contributed by atoms with Crippen molar-refractivity contribution in [2.75, 3.05) is 13.1 Å². The molecular weight excluding hydrogens is 459 g/mol. The van der Waals surface area contributed by atoms with Crippen molar-refractivity contribution in [2.45, 2.75) is 64.5 Å². The van der Waals surface area contributed by atoms with E-state index in [1.165, 1.54) is 86.7 Å². The maximum atomic E-state index is 2.47. The zero-order chi connectivity index (χ0) is 22.1. The first-order valence-electron chi connectivity index (χ1n) is 12.7. The van der Waals surface area contributed by atoms with E-state index in [1.807, 2.05) is 0 Å². The average Bonchev–Trinajstić information content (AvgIpc) is 2.84. The number of halogens is 2. The van der Waals surface area contributed by atoms with Crippen LogP contribution in [0.1, 0.15) is 60.8 Å². The molecular formula is C30H42Cl2N2. The first-order chi connectivity index (χ1) is 15.9. The molecule has 34 heavy (non-hydrogen) atoms. The van der Waals surface area contributed by atoms with Crippen LogP contribution in [0.15, 0.2) is 84.9 Å². The molecule has 3 aromatic carbocycles. The van der Waals surface area contributed by atoms with Crippen LogP contribution in [0, 0.1) is 0 Å². The van der Waals surface area contributed by atoms with Crippen LogP contribution in [0.5, 0.6) is 0 Å². The Kier molecular flexibility index (Phi) is 17.3. The number of hydrogen-bond acceptors (Lipinski definition) is 0. The molecule has 0 heterocycles. The van der Waals surface area contributed by atoms with E-state index in [0.717, 1.165) is 13.1 Å². The highest BCUT2D eigenvalue weighted by atomic mass is 35.5. The van der Waals surface area contributed by atoms with Crippen LogP contribution < -0.4 is 35.4 Å². The number of quaternary nitrogens is 2. The molecule has 0 spiro atoms. The van der Waals surface area contributed by atoms with E-state index in [-0.39, 0.29) is 24.8 Å². The summed E-state index contributed by atoms with van der Waals surface area (Å²) in [7, 11) is 0. The molecule has 4 heteroatoms. The van der Waals surface area contributed by atoms with Crippen LogP contribution in [-0.4, -0.2) is 13.1 Å². The highest BCUT2D eigenvalue weighted by molar-refractivity contribution is 5.22. The van der Waals surface area contributed by atoms with Gasteiger partial charge in [-0.25, -0.2) is 0 Å². The number of benzene rings is 3. The van der Waals surface area contributed by atoms with Crippen molar-refractivity contribution in [1.29, 1.82) is 0 Å². The average molecular weight is 502 g/mol. The molecule has 0 aromatic heterocycles. The minimum Gasteiger partial charge on any atom is -1.00 e. The SMILES string of the molecule is [Cl-].[Cl-].c1ccc(CCCCC[NH2+]Cc2cccc(C[NH2+]CCCCCc3ccccc3)c2)cc1. The summed E-state index contributed by atoms with van der Waals surface area (Å²) < 4.78 is 0. The van der Waals surface area contributed by atoms with Gasteiger partial charge in [-0.2, -0.15) is 0 Å². The van der Waals surface area contributed by atoms with Crippen molar-refractivity contribution in [2.24, 2.45) is 0 Å². The summed E-state index contributed by atoms with van der Waals surface area (Å²) in [5, 5.41) is 4.94. The van der Waals surface area contributed by atoms with Gasteiger partial charge in [0.15, 0.2) is 0 Å². The highest BCUT2D eigenvalue weighted by Gasteiger charge is 2.01. The number of aryl methyl sites for hydroxylation is 2. The largest absolute Gasteiger partial charge is 1.00 e. The molecule has 4 N–H and O–H groups in total. The maximum absolute atomic E-state index is 2.47. The van der Waals surface area contributed by atoms with Gasteiger partial charge in [0.25, 0.3) is 0 Å². The number of rotatable bonds is 16. The standard InChI is InChI=1S/C30H40N2.2ClH/c1-5-14-27(15-6-1)18-9-3-11-22-31-25-29-20-13-21-30(24-29)26-32-23-12-4-10-19-28-16-7-2-8-17-28;;/h1-2,5-8,13-17,20-21,24,31-32H,3-4,9-12,18-19,22-23,25-26H2;2*1H. The van der Waals surface area contributed by atoms with Gasteiger partial charge in [0.2, 0.25) is 0 Å². The van der Waals surface area contributed by atoms with Crippen LogP contribution in [0.4, 0.5) is 0 Å². The second kappa shape index (κ2) is 19.5. The monoisotopic (exact) mass is 500 g/mol. The summed E-state index contributed by atoms with van der Waals surface area (Å²) in [6.45, 7) is 4.67. The van der Waals surface area contributed by atoms with Crippen molar-refractivity contribution in [3.63, 3.8) is 0 Å². The molecule has 0 saturated carbocycles. The van der Waals surface area contributed by atoms with Crippen LogP contribution >= 0.6 is 0 Å². The van der Waals surface area contributed by atoms with Crippen molar-refractivity contribution >= 4 is 0 Å². The number of hydrogen-bond donors (Lipinski definition) is 2. The summed E-state index contributed by atoms with van der Waals surface area (Å²) in [5.41, 5.74) is 5.86. The first kappa shape index (κ1) is 30.2. The van der Waals surface area contributed by atoms with Crippen molar-refractivity contribution in [3.05, 3.63) is 107 Å². The molecule has 0 aliphatic heterocycles. The van der Waals surface area contributed by atoms with E-state index in [0.29, 0.717) is 0 Å². The smallest absolute Gasteiger partial charge is 0.101 e. The molecule has 2 nitrogen and oxygen atoms in total. The summed E-state index contributed by atoms with van der Waals surface area (Å²) in [6.07, 6.45) is 10.3. The van der Waals surface area contributed by atoms with E-state index >= 15 is 0 Å². The Morgan fingerprint density at radius 2 is 0.824 bits per heavy atom. The molecule has 186 valence electrons. The Hall–Kier alpha value is -1.84. The Morgan fingerprint density at radius 1 is 0.412 bits per heavy atom. The fraction of sp³-hybridized carbons (Fsp3) is 0.400. The van der Waals surface area contributed by atoms with Gasteiger partial charge in [0, 0.05) is 11.1 Å². The first-order valence-corrected chi connectivity index (χ1v) is 12.7. The lowest BCUT2D eigenvalue weighted by Crippen LogP contribution is -3.00. The molecule has 0 aliphatic carbocycles. The molecule has 0 radical (unpaired) electrons. The lowest BCUT2D eigenvalue weighted by atomic mass is 10.1. The highest BCUT2D eigenvalue weighted by Crippen LogP contribution is 2.07. The third-order valence-corrected chi connectivity index (χ3v) is 6.18. The van der Waals surface area contributed by atoms with Gasteiger partial charge in [-0.3, -0.25) is 0 Å². The third-order valence-electron chi connectivity index (χ3n) is 6.18. The fourth-order valence-electron chi connectivity index (χ4n) is 4.30. The minimum absolute atomic E-state index is 0.